The first-order chi connectivity index (χ1) is 8.97. The quantitative estimate of drug-likeness (QED) is 0.872. The summed E-state index contributed by atoms with van der Waals surface area (Å²) in [6.45, 7) is 7.10. The van der Waals surface area contributed by atoms with Crippen molar-refractivity contribution in [2.75, 3.05) is 6.54 Å². The molecule has 19 heavy (non-hydrogen) atoms. The van der Waals surface area contributed by atoms with Gasteiger partial charge in [0, 0.05) is 22.3 Å². The van der Waals surface area contributed by atoms with Gasteiger partial charge in [0.25, 0.3) is 0 Å². The Balaban J connectivity index is 1.83. The van der Waals surface area contributed by atoms with Crippen LogP contribution in [-0.4, -0.2) is 29.8 Å². The van der Waals surface area contributed by atoms with Gasteiger partial charge in [0.15, 0.2) is 6.10 Å². The van der Waals surface area contributed by atoms with Crippen molar-refractivity contribution in [3.05, 3.63) is 21.4 Å². The first-order valence-corrected chi connectivity index (χ1v) is 7.47. The van der Waals surface area contributed by atoms with E-state index < -0.39 is 12.1 Å². The van der Waals surface area contributed by atoms with Gasteiger partial charge in [0.1, 0.15) is 0 Å². The highest BCUT2D eigenvalue weighted by atomic mass is 32.1. The van der Waals surface area contributed by atoms with Gasteiger partial charge in [0.2, 0.25) is 0 Å². The van der Waals surface area contributed by atoms with Gasteiger partial charge < -0.3 is 15.2 Å². The van der Waals surface area contributed by atoms with Crippen LogP contribution in [-0.2, 0) is 9.53 Å². The third-order valence-corrected chi connectivity index (χ3v) is 4.56. The van der Waals surface area contributed by atoms with Crippen molar-refractivity contribution in [1.82, 2.24) is 5.32 Å². The van der Waals surface area contributed by atoms with Crippen LogP contribution < -0.4 is 5.32 Å². The summed E-state index contributed by atoms with van der Waals surface area (Å²) >= 11 is 1.81. The minimum Gasteiger partial charge on any atom is -0.479 e. The molecular weight excluding hydrogens is 262 g/mol. The lowest BCUT2D eigenvalue weighted by molar-refractivity contribution is -0.149. The molecule has 0 radical (unpaired) electrons. The minimum absolute atomic E-state index is 0.0172. The van der Waals surface area contributed by atoms with Crippen molar-refractivity contribution < 1.29 is 14.6 Å². The fraction of sp³-hybridized carbons (Fsp3) is 0.643. The van der Waals surface area contributed by atoms with Gasteiger partial charge in [-0.05, 0) is 45.2 Å². The number of thiophene rings is 1. The number of carboxylic acid groups (broad SMARTS) is 1. The summed E-state index contributed by atoms with van der Waals surface area (Å²) in [7, 11) is 0. The van der Waals surface area contributed by atoms with Gasteiger partial charge >= 0.3 is 5.97 Å². The molecule has 2 rings (SSSR count). The molecule has 3 atom stereocenters. The fourth-order valence-corrected chi connectivity index (χ4v) is 3.56. The summed E-state index contributed by atoms with van der Waals surface area (Å²) in [6.07, 6.45) is 0.834. The van der Waals surface area contributed by atoms with Gasteiger partial charge in [-0.15, -0.1) is 11.3 Å². The SMILES string of the molecule is Cc1cc(C(C)NCC2CCC(C(=O)O)O2)c(C)s1. The summed E-state index contributed by atoms with van der Waals surface area (Å²) in [4.78, 5) is 13.5. The Hall–Kier alpha value is -0.910. The number of rotatable bonds is 5. The van der Waals surface area contributed by atoms with Crippen LogP contribution in [0.15, 0.2) is 6.07 Å². The van der Waals surface area contributed by atoms with E-state index in [2.05, 4.69) is 32.2 Å². The Morgan fingerprint density at radius 1 is 1.58 bits per heavy atom. The van der Waals surface area contributed by atoms with E-state index in [9.17, 15) is 4.79 Å². The van der Waals surface area contributed by atoms with E-state index in [0.29, 0.717) is 13.0 Å². The second kappa shape index (κ2) is 6.03. The molecule has 1 aliphatic rings. The molecule has 0 amide bonds. The van der Waals surface area contributed by atoms with Crippen molar-refractivity contribution in [3.8, 4) is 0 Å². The maximum Gasteiger partial charge on any atom is 0.332 e. The smallest absolute Gasteiger partial charge is 0.332 e. The number of ether oxygens (including phenoxy) is 1. The van der Waals surface area contributed by atoms with Gasteiger partial charge in [-0.2, -0.15) is 0 Å². The number of aliphatic carboxylic acids is 1. The average molecular weight is 283 g/mol. The van der Waals surface area contributed by atoms with Crippen LogP contribution in [0.2, 0.25) is 0 Å². The highest BCUT2D eigenvalue weighted by molar-refractivity contribution is 7.12. The Kier molecular flexibility index (Phi) is 4.60. The lowest BCUT2D eigenvalue weighted by atomic mass is 10.1. The largest absolute Gasteiger partial charge is 0.479 e. The zero-order valence-electron chi connectivity index (χ0n) is 11.6. The monoisotopic (exact) mass is 283 g/mol. The summed E-state index contributed by atoms with van der Waals surface area (Å²) in [5.41, 5.74) is 1.33. The molecule has 1 aromatic rings. The molecule has 0 spiro atoms. The van der Waals surface area contributed by atoms with Gasteiger partial charge in [-0.3, -0.25) is 0 Å². The summed E-state index contributed by atoms with van der Waals surface area (Å²) in [5.74, 6) is -0.847. The number of aryl methyl sites for hydroxylation is 2. The second-order valence-corrected chi connectivity index (χ2v) is 6.62. The van der Waals surface area contributed by atoms with Gasteiger partial charge in [0.05, 0.1) is 6.10 Å². The highest BCUT2D eigenvalue weighted by Gasteiger charge is 2.30. The van der Waals surface area contributed by atoms with E-state index in [1.165, 1.54) is 15.3 Å². The van der Waals surface area contributed by atoms with Crippen molar-refractivity contribution in [1.29, 1.82) is 0 Å². The molecule has 0 aliphatic carbocycles. The predicted octanol–water partition coefficient (Wildman–Crippen LogP) is 2.65. The molecule has 3 unspecified atom stereocenters. The third-order valence-electron chi connectivity index (χ3n) is 3.58. The van der Waals surface area contributed by atoms with E-state index in [4.69, 9.17) is 9.84 Å². The molecule has 106 valence electrons. The maximum atomic E-state index is 10.8. The van der Waals surface area contributed by atoms with E-state index in [1.54, 1.807) is 0 Å². The summed E-state index contributed by atoms with van der Waals surface area (Å²) < 4.78 is 5.49. The van der Waals surface area contributed by atoms with Crippen molar-refractivity contribution in [3.63, 3.8) is 0 Å². The van der Waals surface area contributed by atoms with Gasteiger partial charge in [-0.25, -0.2) is 4.79 Å². The Labute approximate surface area is 117 Å². The van der Waals surface area contributed by atoms with Crippen LogP contribution in [0.5, 0.6) is 0 Å². The van der Waals surface area contributed by atoms with E-state index in [1.807, 2.05) is 11.3 Å². The van der Waals surface area contributed by atoms with Gasteiger partial charge in [-0.1, -0.05) is 0 Å². The minimum atomic E-state index is -0.847. The van der Waals surface area contributed by atoms with Crippen LogP contribution in [0, 0.1) is 13.8 Å². The second-order valence-electron chi connectivity index (χ2n) is 5.16. The number of hydrogen-bond donors (Lipinski definition) is 2. The Morgan fingerprint density at radius 2 is 2.32 bits per heavy atom. The first kappa shape index (κ1) is 14.5. The fourth-order valence-electron chi connectivity index (χ4n) is 2.54. The Morgan fingerprint density at radius 3 is 2.84 bits per heavy atom. The van der Waals surface area contributed by atoms with Crippen LogP contribution in [0.4, 0.5) is 0 Å². The third kappa shape index (κ3) is 3.55. The number of hydrogen-bond acceptors (Lipinski definition) is 4. The average Bonchev–Trinajstić information content (AvgIpc) is 2.93. The first-order valence-electron chi connectivity index (χ1n) is 6.66. The molecule has 5 heteroatoms. The van der Waals surface area contributed by atoms with Crippen LogP contribution >= 0.6 is 11.3 Å². The molecule has 1 aromatic heterocycles. The van der Waals surface area contributed by atoms with Crippen LogP contribution in [0.3, 0.4) is 0 Å². The van der Waals surface area contributed by atoms with Crippen LogP contribution in [0.25, 0.3) is 0 Å². The normalized spacial score (nSPS) is 24.6. The molecule has 2 heterocycles. The molecule has 0 aromatic carbocycles. The Bertz CT molecular complexity index is 458. The lowest BCUT2D eigenvalue weighted by Gasteiger charge is -2.17. The van der Waals surface area contributed by atoms with Crippen LogP contribution in [0.1, 0.15) is 41.1 Å². The molecule has 0 bridgehead atoms. The number of nitrogens with one attached hydrogen (secondary N) is 1. The van der Waals surface area contributed by atoms with E-state index in [0.717, 1.165) is 6.42 Å². The standard InChI is InChI=1S/C14H21NO3S/c1-8-6-12(10(3)19-8)9(2)15-7-11-4-5-13(18-11)14(16)17/h6,9,11,13,15H,4-5,7H2,1-3H3,(H,16,17). The predicted molar refractivity (Wildman–Crippen MR) is 75.7 cm³/mol. The molecule has 0 saturated carbocycles. The summed E-state index contributed by atoms with van der Waals surface area (Å²) in [5, 5.41) is 12.3. The number of carboxylic acids is 1. The van der Waals surface area contributed by atoms with Crippen molar-refractivity contribution in [2.24, 2.45) is 0 Å². The maximum absolute atomic E-state index is 10.8. The molecule has 2 N–H and O–H groups in total. The topological polar surface area (TPSA) is 58.6 Å². The molecule has 1 aliphatic heterocycles. The highest BCUT2D eigenvalue weighted by Crippen LogP contribution is 2.26. The van der Waals surface area contributed by atoms with E-state index >= 15 is 0 Å². The van der Waals surface area contributed by atoms with E-state index in [-0.39, 0.29) is 12.1 Å². The zero-order chi connectivity index (χ0) is 14.0. The summed E-state index contributed by atoms with van der Waals surface area (Å²) in [6, 6.07) is 2.49. The number of carbonyl (C=O) groups is 1. The molecule has 4 nitrogen and oxygen atoms in total. The van der Waals surface area contributed by atoms with Crippen molar-refractivity contribution in [2.45, 2.75) is 51.9 Å². The lowest BCUT2D eigenvalue weighted by Crippen LogP contribution is -2.30. The van der Waals surface area contributed by atoms with Crippen molar-refractivity contribution >= 4 is 17.3 Å². The zero-order valence-corrected chi connectivity index (χ0v) is 12.4. The molecule has 1 fully saturated rings. The molecular formula is C14H21NO3S. The molecule has 1 saturated heterocycles.